The minimum Gasteiger partial charge on any atom is -0.303 e. The maximum Gasteiger partial charge on any atom is 0.124 e. The second-order valence-electron chi connectivity index (χ2n) is 5.47. The SMILES string of the molecule is O=CCc1ccc(Sc2ccc(CC=O)cc2CC=O)c(CC=O)c1. The lowest BCUT2D eigenvalue weighted by molar-refractivity contribution is -0.108. The van der Waals surface area contributed by atoms with Gasteiger partial charge in [0.2, 0.25) is 0 Å². The van der Waals surface area contributed by atoms with E-state index in [-0.39, 0.29) is 12.8 Å². The first-order valence-corrected chi connectivity index (χ1v) is 8.69. The van der Waals surface area contributed by atoms with Crippen molar-refractivity contribution < 1.29 is 19.2 Å². The van der Waals surface area contributed by atoms with Gasteiger partial charge in [-0.25, -0.2) is 0 Å². The molecule has 0 fully saturated rings. The highest BCUT2D eigenvalue weighted by molar-refractivity contribution is 7.99. The minimum absolute atomic E-state index is 0.265. The molecule has 0 unspecified atom stereocenters. The number of hydrogen-bond donors (Lipinski definition) is 0. The fourth-order valence-corrected chi connectivity index (χ4v) is 3.58. The monoisotopic (exact) mass is 354 g/mol. The number of carbonyl (C=O) groups excluding carboxylic acids is 4. The van der Waals surface area contributed by atoms with Crippen LogP contribution >= 0.6 is 11.8 Å². The molecule has 0 saturated carbocycles. The lowest BCUT2D eigenvalue weighted by atomic mass is 10.1. The normalized spacial score (nSPS) is 10.2. The largest absolute Gasteiger partial charge is 0.303 e. The molecular formula is C20H18O4S. The van der Waals surface area contributed by atoms with Gasteiger partial charge in [0.25, 0.3) is 0 Å². The molecule has 0 heterocycles. The fraction of sp³-hybridized carbons (Fsp3) is 0.200. The smallest absolute Gasteiger partial charge is 0.124 e. The van der Waals surface area contributed by atoms with Gasteiger partial charge in [0, 0.05) is 35.5 Å². The van der Waals surface area contributed by atoms with E-state index in [0.29, 0.717) is 12.8 Å². The summed E-state index contributed by atoms with van der Waals surface area (Å²) in [7, 11) is 0. The van der Waals surface area contributed by atoms with Crippen LogP contribution in [-0.2, 0) is 44.9 Å². The molecule has 25 heavy (non-hydrogen) atoms. The highest BCUT2D eigenvalue weighted by Crippen LogP contribution is 2.34. The van der Waals surface area contributed by atoms with Crippen LogP contribution in [0.5, 0.6) is 0 Å². The quantitative estimate of drug-likeness (QED) is 0.614. The summed E-state index contributed by atoms with van der Waals surface area (Å²) < 4.78 is 0. The average molecular weight is 354 g/mol. The Hall–Kier alpha value is -2.53. The van der Waals surface area contributed by atoms with Crippen molar-refractivity contribution in [2.75, 3.05) is 0 Å². The maximum absolute atomic E-state index is 11.0. The Morgan fingerprint density at radius 3 is 1.36 bits per heavy atom. The molecule has 0 spiro atoms. The summed E-state index contributed by atoms with van der Waals surface area (Å²) >= 11 is 1.48. The lowest BCUT2D eigenvalue weighted by Gasteiger charge is -2.12. The van der Waals surface area contributed by atoms with Crippen molar-refractivity contribution >= 4 is 36.9 Å². The van der Waals surface area contributed by atoms with E-state index < -0.39 is 0 Å². The summed E-state index contributed by atoms with van der Waals surface area (Å²) in [5.41, 5.74) is 3.44. The molecule has 0 aliphatic rings. The highest BCUT2D eigenvalue weighted by Gasteiger charge is 2.10. The molecular weight excluding hydrogens is 336 g/mol. The summed E-state index contributed by atoms with van der Waals surface area (Å²) in [6.45, 7) is 0. The molecule has 2 aromatic rings. The number of carbonyl (C=O) groups is 4. The standard InChI is InChI=1S/C20H18O4S/c21-9-5-15-1-3-19(17(13-15)7-11-23)25-20-4-2-16(6-10-22)14-18(20)8-12-24/h1-4,9-14H,5-8H2. The second kappa shape index (κ2) is 9.69. The van der Waals surface area contributed by atoms with E-state index in [1.807, 2.05) is 36.4 Å². The van der Waals surface area contributed by atoms with Gasteiger partial charge in [0.05, 0.1) is 0 Å². The Morgan fingerprint density at radius 2 is 1.00 bits per heavy atom. The van der Waals surface area contributed by atoms with Gasteiger partial charge in [-0.3, -0.25) is 0 Å². The van der Waals surface area contributed by atoms with Gasteiger partial charge in [-0.05, 0) is 34.4 Å². The van der Waals surface area contributed by atoms with Gasteiger partial charge in [-0.2, -0.15) is 0 Å². The molecule has 0 aromatic heterocycles. The third kappa shape index (κ3) is 5.22. The molecule has 4 nitrogen and oxygen atoms in total. The first-order chi connectivity index (χ1) is 12.2. The third-order valence-corrected chi connectivity index (χ3v) is 4.95. The van der Waals surface area contributed by atoms with Crippen LogP contribution in [-0.4, -0.2) is 25.1 Å². The van der Waals surface area contributed by atoms with E-state index >= 15 is 0 Å². The number of hydrogen-bond acceptors (Lipinski definition) is 5. The van der Waals surface area contributed by atoms with Crippen LogP contribution in [0.25, 0.3) is 0 Å². The van der Waals surface area contributed by atoms with Crippen LogP contribution < -0.4 is 0 Å². The van der Waals surface area contributed by atoms with E-state index in [1.54, 1.807) is 0 Å². The predicted octanol–water partition coefficient (Wildman–Crippen LogP) is 2.80. The van der Waals surface area contributed by atoms with Gasteiger partial charge in [0.1, 0.15) is 25.1 Å². The molecule has 5 heteroatoms. The molecule has 0 amide bonds. The molecule has 2 aromatic carbocycles. The Morgan fingerprint density at radius 1 is 0.600 bits per heavy atom. The first-order valence-electron chi connectivity index (χ1n) is 7.87. The molecule has 0 radical (unpaired) electrons. The van der Waals surface area contributed by atoms with Gasteiger partial charge in [0.15, 0.2) is 0 Å². The Kier molecular flexibility index (Phi) is 7.29. The topological polar surface area (TPSA) is 68.3 Å². The summed E-state index contributed by atoms with van der Waals surface area (Å²) in [4.78, 5) is 45.2. The van der Waals surface area contributed by atoms with Crippen molar-refractivity contribution in [2.24, 2.45) is 0 Å². The van der Waals surface area contributed by atoms with E-state index in [4.69, 9.17) is 0 Å². The zero-order valence-electron chi connectivity index (χ0n) is 13.6. The van der Waals surface area contributed by atoms with Gasteiger partial charge < -0.3 is 19.2 Å². The van der Waals surface area contributed by atoms with Crippen molar-refractivity contribution in [1.29, 1.82) is 0 Å². The molecule has 2 rings (SSSR count). The Labute approximate surface area is 150 Å². The number of aldehydes is 4. The van der Waals surface area contributed by atoms with Gasteiger partial charge in [-0.15, -0.1) is 0 Å². The lowest BCUT2D eigenvalue weighted by Crippen LogP contribution is -1.97. The summed E-state index contributed by atoms with van der Waals surface area (Å²) in [5.74, 6) is 0. The van der Waals surface area contributed by atoms with Crippen molar-refractivity contribution in [1.82, 2.24) is 0 Å². The van der Waals surface area contributed by atoms with E-state index in [1.165, 1.54) is 11.8 Å². The van der Waals surface area contributed by atoms with Crippen molar-refractivity contribution in [3.8, 4) is 0 Å². The average Bonchev–Trinajstić information content (AvgIpc) is 2.60. The van der Waals surface area contributed by atoms with Crippen molar-refractivity contribution in [2.45, 2.75) is 35.5 Å². The van der Waals surface area contributed by atoms with Crippen LogP contribution in [0, 0.1) is 0 Å². The van der Waals surface area contributed by atoms with Crippen LogP contribution in [0.15, 0.2) is 46.2 Å². The molecule has 0 atom stereocenters. The Bertz CT molecular complexity index is 718. The third-order valence-electron chi connectivity index (χ3n) is 3.71. The molecule has 0 aliphatic carbocycles. The fourth-order valence-electron chi connectivity index (χ4n) is 2.53. The van der Waals surface area contributed by atoms with Gasteiger partial charge >= 0.3 is 0 Å². The minimum atomic E-state index is 0.265. The van der Waals surface area contributed by atoms with Crippen LogP contribution in [0.4, 0.5) is 0 Å². The maximum atomic E-state index is 11.0. The summed E-state index contributed by atoms with van der Waals surface area (Å²) in [5, 5.41) is 0. The van der Waals surface area contributed by atoms with Crippen molar-refractivity contribution in [3.63, 3.8) is 0 Å². The zero-order valence-corrected chi connectivity index (χ0v) is 14.5. The Balaban J connectivity index is 2.37. The molecule has 128 valence electrons. The van der Waals surface area contributed by atoms with Gasteiger partial charge in [-0.1, -0.05) is 36.0 Å². The highest BCUT2D eigenvalue weighted by atomic mass is 32.2. The predicted molar refractivity (Wildman–Crippen MR) is 96.1 cm³/mol. The molecule has 0 aliphatic heterocycles. The van der Waals surface area contributed by atoms with E-state index in [2.05, 4.69) is 0 Å². The first kappa shape index (κ1) is 18.8. The number of rotatable bonds is 10. The van der Waals surface area contributed by atoms with Crippen LogP contribution in [0.1, 0.15) is 22.3 Å². The molecule has 0 saturated heterocycles. The summed E-state index contributed by atoms with van der Waals surface area (Å²) in [6, 6.07) is 11.3. The van der Waals surface area contributed by atoms with Crippen LogP contribution in [0.3, 0.4) is 0 Å². The number of benzene rings is 2. The second-order valence-corrected chi connectivity index (χ2v) is 6.55. The van der Waals surface area contributed by atoms with E-state index in [0.717, 1.165) is 57.2 Å². The molecule has 0 bridgehead atoms. The van der Waals surface area contributed by atoms with E-state index in [9.17, 15) is 19.2 Å². The van der Waals surface area contributed by atoms with Crippen molar-refractivity contribution in [3.05, 3.63) is 58.7 Å². The molecule has 0 N–H and O–H groups in total. The summed E-state index contributed by atoms with van der Waals surface area (Å²) in [6.07, 6.45) is 4.50. The zero-order chi connectivity index (χ0) is 18.1. The van der Waals surface area contributed by atoms with Crippen LogP contribution in [0.2, 0.25) is 0 Å².